The lowest BCUT2D eigenvalue weighted by atomic mass is 9.87. The molecule has 1 heterocycles. The molecule has 0 saturated heterocycles. The van der Waals surface area contributed by atoms with Crippen molar-refractivity contribution in [2.75, 3.05) is 0 Å². The van der Waals surface area contributed by atoms with Gasteiger partial charge in [0.1, 0.15) is 0 Å². The van der Waals surface area contributed by atoms with E-state index in [0.717, 1.165) is 11.1 Å². The molecule has 0 atom stereocenters. The van der Waals surface area contributed by atoms with Gasteiger partial charge in [-0.2, -0.15) is 0 Å². The van der Waals surface area contributed by atoms with Crippen LogP contribution in [0.5, 0.6) is 0 Å². The molecule has 3 heteroatoms. The quantitative estimate of drug-likeness (QED) is 0.643. The Morgan fingerprint density at radius 3 is 1.87 bits per heavy atom. The fourth-order valence-electron chi connectivity index (χ4n) is 2.44. The number of aryl methyl sites for hydroxylation is 2. The molecule has 118 valence electrons. The van der Waals surface area contributed by atoms with Gasteiger partial charge in [-0.3, -0.25) is 0 Å². The van der Waals surface area contributed by atoms with Crippen LogP contribution >= 0.6 is 0 Å². The molecule has 0 radical (unpaired) electrons. The van der Waals surface area contributed by atoms with Crippen LogP contribution in [0.4, 0.5) is 0 Å². The smallest absolute Gasteiger partial charge is 0.248 e. The van der Waals surface area contributed by atoms with Crippen molar-refractivity contribution in [3.8, 4) is 22.9 Å². The van der Waals surface area contributed by atoms with Crippen LogP contribution in [0.2, 0.25) is 0 Å². The summed E-state index contributed by atoms with van der Waals surface area (Å²) in [4.78, 5) is 0. The highest BCUT2D eigenvalue weighted by molar-refractivity contribution is 5.59. The Morgan fingerprint density at radius 2 is 1.30 bits per heavy atom. The van der Waals surface area contributed by atoms with Gasteiger partial charge in [-0.25, -0.2) is 0 Å². The maximum atomic E-state index is 5.85. The van der Waals surface area contributed by atoms with Crippen molar-refractivity contribution in [2.24, 2.45) is 0 Å². The molecule has 3 nitrogen and oxygen atoms in total. The molecule has 0 spiro atoms. The van der Waals surface area contributed by atoms with Gasteiger partial charge in [0.25, 0.3) is 0 Å². The van der Waals surface area contributed by atoms with E-state index in [-0.39, 0.29) is 5.41 Å². The minimum atomic E-state index is 0.137. The summed E-state index contributed by atoms with van der Waals surface area (Å²) < 4.78 is 5.85. The van der Waals surface area contributed by atoms with Gasteiger partial charge in [0.15, 0.2) is 0 Å². The van der Waals surface area contributed by atoms with Gasteiger partial charge in [0.2, 0.25) is 11.8 Å². The van der Waals surface area contributed by atoms with Gasteiger partial charge in [0.05, 0.1) is 0 Å². The summed E-state index contributed by atoms with van der Waals surface area (Å²) in [6.45, 7) is 10.8. The number of benzene rings is 2. The summed E-state index contributed by atoms with van der Waals surface area (Å²) in [6, 6.07) is 14.5. The van der Waals surface area contributed by atoms with E-state index in [0.29, 0.717) is 11.8 Å². The second kappa shape index (κ2) is 5.65. The standard InChI is InChI=1S/C20H22N2O/c1-13-6-7-16(12-14(13)2)19-22-21-18(23-19)15-8-10-17(11-9-15)20(3,4)5/h6-12H,1-5H3. The van der Waals surface area contributed by atoms with Crippen LogP contribution in [-0.2, 0) is 5.41 Å². The van der Waals surface area contributed by atoms with Gasteiger partial charge in [-0.1, -0.05) is 39.0 Å². The molecule has 0 aliphatic rings. The van der Waals surface area contributed by atoms with Crippen molar-refractivity contribution in [2.45, 2.75) is 40.0 Å². The van der Waals surface area contributed by atoms with E-state index >= 15 is 0 Å². The lowest BCUT2D eigenvalue weighted by Crippen LogP contribution is -2.10. The number of hydrogen-bond donors (Lipinski definition) is 0. The minimum Gasteiger partial charge on any atom is -0.416 e. The first-order valence-corrected chi connectivity index (χ1v) is 7.86. The van der Waals surface area contributed by atoms with Crippen LogP contribution in [0.3, 0.4) is 0 Å². The fraction of sp³-hybridized carbons (Fsp3) is 0.300. The molecule has 2 aromatic carbocycles. The molecule has 3 rings (SSSR count). The second-order valence-electron chi connectivity index (χ2n) is 7.04. The number of nitrogens with zero attached hydrogens (tertiary/aromatic N) is 2. The Kier molecular flexibility index (Phi) is 3.80. The Morgan fingerprint density at radius 1 is 0.739 bits per heavy atom. The third kappa shape index (κ3) is 3.19. The summed E-state index contributed by atoms with van der Waals surface area (Å²) in [5.41, 5.74) is 5.80. The Balaban J connectivity index is 1.91. The predicted octanol–water partition coefficient (Wildman–Crippen LogP) is 5.32. The molecule has 0 aliphatic heterocycles. The molecule has 0 aliphatic carbocycles. The molecular formula is C20H22N2O. The predicted molar refractivity (Wildman–Crippen MR) is 93.3 cm³/mol. The molecule has 0 fully saturated rings. The zero-order chi connectivity index (χ0) is 16.6. The van der Waals surface area contributed by atoms with E-state index in [1.807, 2.05) is 18.2 Å². The largest absolute Gasteiger partial charge is 0.416 e. The van der Waals surface area contributed by atoms with Crippen LogP contribution in [0.1, 0.15) is 37.5 Å². The lowest BCUT2D eigenvalue weighted by Gasteiger charge is -2.18. The highest BCUT2D eigenvalue weighted by Gasteiger charge is 2.15. The Hall–Kier alpha value is -2.42. The molecule has 0 amide bonds. The highest BCUT2D eigenvalue weighted by Crippen LogP contribution is 2.28. The van der Waals surface area contributed by atoms with Crippen LogP contribution in [-0.4, -0.2) is 10.2 Å². The van der Waals surface area contributed by atoms with E-state index in [4.69, 9.17) is 4.42 Å². The second-order valence-corrected chi connectivity index (χ2v) is 7.04. The molecule has 23 heavy (non-hydrogen) atoms. The van der Waals surface area contributed by atoms with E-state index in [1.54, 1.807) is 0 Å². The molecule has 0 saturated carbocycles. The SMILES string of the molecule is Cc1ccc(-c2nnc(-c3ccc(C(C)(C)C)cc3)o2)cc1C. The van der Waals surface area contributed by atoms with Gasteiger partial charge in [0, 0.05) is 11.1 Å². The number of hydrogen-bond acceptors (Lipinski definition) is 3. The highest BCUT2D eigenvalue weighted by atomic mass is 16.4. The van der Waals surface area contributed by atoms with E-state index in [9.17, 15) is 0 Å². The third-order valence-corrected chi connectivity index (χ3v) is 4.18. The van der Waals surface area contributed by atoms with E-state index in [1.165, 1.54) is 16.7 Å². The molecule has 0 unspecified atom stereocenters. The van der Waals surface area contributed by atoms with E-state index < -0.39 is 0 Å². The zero-order valence-corrected chi connectivity index (χ0v) is 14.3. The van der Waals surface area contributed by atoms with Gasteiger partial charge >= 0.3 is 0 Å². The topological polar surface area (TPSA) is 38.9 Å². The minimum absolute atomic E-state index is 0.137. The summed E-state index contributed by atoms with van der Waals surface area (Å²) in [5.74, 6) is 1.11. The average Bonchev–Trinajstić information content (AvgIpc) is 2.99. The van der Waals surface area contributed by atoms with Crippen LogP contribution < -0.4 is 0 Å². The summed E-state index contributed by atoms with van der Waals surface area (Å²) >= 11 is 0. The molecule has 0 N–H and O–H groups in total. The maximum absolute atomic E-state index is 5.85. The number of aromatic nitrogens is 2. The van der Waals surface area contributed by atoms with Gasteiger partial charge in [-0.15, -0.1) is 10.2 Å². The molecule has 1 aromatic heterocycles. The van der Waals surface area contributed by atoms with Crippen molar-refractivity contribution in [1.29, 1.82) is 0 Å². The van der Waals surface area contributed by atoms with Crippen molar-refractivity contribution < 1.29 is 4.42 Å². The van der Waals surface area contributed by atoms with Crippen molar-refractivity contribution >= 4 is 0 Å². The first kappa shape index (κ1) is 15.5. The zero-order valence-electron chi connectivity index (χ0n) is 14.3. The van der Waals surface area contributed by atoms with Crippen LogP contribution in [0.15, 0.2) is 46.9 Å². The van der Waals surface area contributed by atoms with Gasteiger partial charge < -0.3 is 4.42 Å². The monoisotopic (exact) mass is 306 g/mol. The maximum Gasteiger partial charge on any atom is 0.248 e. The third-order valence-electron chi connectivity index (χ3n) is 4.18. The Labute approximate surface area is 137 Å². The number of rotatable bonds is 2. The van der Waals surface area contributed by atoms with Crippen molar-refractivity contribution in [3.05, 3.63) is 59.2 Å². The summed E-state index contributed by atoms with van der Waals surface area (Å²) in [7, 11) is 0. The molecular weight excluding hydrogens is 284 g/mol. The van der Waals surface area contributed by atoms with Crippen molar-refractivity contribution in [1.82, 2.24) is 10.2 Å². The summed E-state index contributed by atoms with van der Waals surface area (Å²) in [5, 5.41) is 8.38. The molecule has 0 bridgehead atoms. The summed E-state index contributed by atoms with van der Waals surface area (Å²) in [6.07, 6.45) is 0. The molecule has 3 aromatic rings. The first-order chi connectivity index (χ1) is 10.8. The Bertz CT molecular complexity index is 824. The van der Waals surface area contributed by atoms with Crippen LogP contribution in [0, 0.1) is 13.8 Å². The lowest BCUT2D eigenvalue weighted by molar-refractivity contribution is 0.582. The average molecular weight is 306 g/mol. The van der Waals surface area contributed by atoms with E-state index in [2.05, 4.69) is 69.1 Å². The first-order valence-electron chi connectivity index (χ1n) is 7.86. The van der Waals surface area contributed by atoms with Gasteiger partial charge in [-0.05, 0) is 60.2 Å². The normalized spacial score (nSPS) is 11.7. The van der Waals surface area contributed by atoms with Crippen LogP contribution in [0.25, 0.3) is 22.9 Å². The van der Waals surface area contributed by atoms with Crippen molar-refractivity contribution in [3.63, 3.8) is 0 Å². The fourth-order valence-corrected chi connectivity index (χ4v) is 2.44.